The maximum absolute atomic E-state index is 8.14. The quantitative estimate of drug-likeness (QED) is 0.378. The third kappa shape index (κ3) is 2.88. The van der Waals surface area contributed by atoms with E-state index in [1.165, 1.54) is 0 Å². The highest BCUT2D eigenvalue weighted by Crippen LogP contribution is 2.17. The van der Waals surface area contributed by atoms with Gasteiger partial charge in [0.25, 0.3) is 0 Å². The van der Waals surface area contributed by atoms with Gasteiger partial charge >= 0.3 is 0 Å². The van der Waals surface area contributed by atoms with Gasteiger partial charge in [0.05, 0.1) is 13.2 Å². The Kier molecular flexibility index (Phi) is 3.54. The molecule has 5 heteroatoms. The lowest BCUT2D eigenvalue weighted by molar-refractivity contribution is -0.0491. The Morgan fingerprint density at radius 2 is 2.38 bits per heavy atom. The molecule has 0 bridgehead atoms. The fraction of sp³-hybridized carbons (Fsp3) is 1.00. The SMILES string of the molecule is CC1(C)COCCN1CCN=[N+]=[N-]. The molecule has 0 aromatic carbocycles. The van der Waals surface area contributed by atoms with E-state index in [4.69, 9.17) is 10.3 Å². The fourth-order valence-electron chi connectivity index (χ4n) is 1.52. The second-order valence-electron chi connectivity index (χ2n) is 3.81. The normalized spacial score (nSPS) is 22.3. The lowest BCUT2D eigenvalue weighted by Gasteiger charge is -2.41. The first-order chi connectivity index (χ1) is 6.17. The molecule has 0 atom stereocenters. The van der Waals surface area contributed by atoms with Gasteiger partial charge in [0.15, 0.2) is 0 Å². The monoisotopic (exact) mass is 184 g/mol. The zero-order chi connectivity index (χ0) is 9.73. The lowest BCUT2D eigenvalue weighted by atomic mass is 10.0. The number of nitrogens with zero attached hydrogens (tertiary/aromatic N) is 4. The van der Waals surface area contributed by atoms with Crippen molar-refractivity contribution >= 4 is 0 Å². The minimum Gasteiger partial charge on any atom is -0.378 e. The van der Waals surface area contributed by atoms with Crippen LogP contribution in [0.5, 0.6) is 0 Å². The van der Waals surface area contributed by atoms with Crippen LogP contribution in [-0.4, -0.2) is 43.3 Å². The third-order valence-corrected chi connectivity index (χ3v) is 2.35. The van der Waals surface area contributed by atoms with Crippen molar-refractivity contribution in [3.63, 3.8) is 0 Å². The van der Waals surface area contributed by atoms with Crippen molar-refractivity contribution in [2.24, 2.45) is 5.11 Å². The Hall–Kier alpha value is -0.770. The molecule has 0 spiro atoms. The maximum atomic E-state index is 8.14. The number of azide groups is 1. The van der Waals surface area contributed by atoms with E-state index in [1.807, 2.05) is 0 Å². The van der Waals surface area contributed by atoms with Crippen molar-refractivity contribution < 1.29 is 4.74 Å². The van der Waals surface area contributed by atoms with E-state index in [0.29, 0.717) is 6.54 Å². The largest absolute Gasteiger partial charge is 0.378 e. The smallest absolute Gasteiger partial charge is 0.0645 e. The molecular weight excluding hydrogens is 168 g/mol. The highest BCUT2D eigenvalue weighted by Gasteiger charge is 2.29. The van der Waals surface area contributed by atoms with E-state index in [-0.39, 0.29) is 5.54 Å². The van der Waals surface area contributed by atoms with Gasteiger partial charge in [-0.3, -0.25) is 4.90 Å². The summed E-state index contributed by atoms with van der Waals surface area (Å²) in [6, 6.07) is 0. The van der Waals surface area contributed by atoms with Crippen LogP contribution in [0.2, 0.25) is 0 Å². The van der Waals surface area contributed by atoms with Gasteiger partial charge in [0.1, 0.15) is 0 Å². The summed E-state index contributed by atoms with van der Waals surface area (Å²) >= 11 is 0. The van der Waals surface area contributed by atoms with E-state index < -0.39 is 0 Å². The van der Waals surface area contributed by atoms with Crippen LogP contribution < -0.4 is 0 Å². The predicted octanol–water partition coefficient (Wildman–Crippen LogP) is 1.41. The van der Waals surface area contributed by atoms with Crippen LogP contribution in [0.1, 0.15) is 13.8 Å². The minimum absolute atomic E-state index is 0.0726. The number of ether oxygens (including phenoxy) is 1. The van der Waals surface area contributed by atoms with Crippen LogP contribution >= 0.6 is 0 Å². The molecule has 5 nitrogen and oxygen atoms in total. The van der Waals surface area contributed by atoms with Gasteiger partial charge in [-0.1, -0.05) is 5.11 Å². The second kappa shape index (κ2) is 4.46. The molecule has 0 aromatic rings. The minimum atomic E-state index is 0.0726. The third-order valence-electron chi connectivity index (χ3n) is 2.35. The first kappa shape index (κ1) is 10.3. The number of morpholine rings is 1. The van der Waals surface area contributed by atoms with E-state index in [9.17, 15) is 0 Å². The zero-order valence-electron chi connectivity index (χ0n) is 8.23. The lowest BCUT2D eigenvalue weighted by Crippen LogP contribution is -2.53. The molecule has 1 aliphatic rings. The summed E-state index contributed by atoms with van der Waals surface area (Å²) in [6.07, 6.45) is 0. The summed E-state index contributed by atoms with van der Waals surface area (Å²) in [5.41, 5.74) is 8.21. The highest BCUT2D eigenvalue weighted by molar-refractivity contribution is 4.84. The van der Waals surface area contributed by atoms with Crippen molar-refractivity contribution in [3.8, 4) is 0 Å². The molecule has 13 heavy (non-hydrogen) atoms. The van der Waals surface area contributed by atoms with E-state index >= 15 is 0 Å². The summed E-state index contributed by atoms with van der Waals surface area (Å²) in [6.45, 7) is 8.10. The van der Waals surface area contributed by atoms with Crippen molar-refractivity contribution in [1.29, 1.82) is 0 Å². The van der Waals surface area contributed by atoms with Crippen LogP contribution in [0.3, 0.4) is 0 Å². The van der Waals surface area contributed by atoms with E-state index in [1.54, 1.807) is 0 Å². The Morgan fingerprint density at radius 3 is 3.00 bits per heavy atom. The number of rotatable bonds is 3. The van der Waals surface area contributed by atoms with Gasteiger partial charge in [-0.05, 0) is 19.4 Å². The van der Waals surface area contributed by atoms with E-state index in [0.717, 1.165) is 26.3 Å². The molecule has 0 unspecified atom stereocenters. The van der Waals surface area contributed by atoms with Gasteiger partial charge in [-0.15, -0.1) is 0 Å². The van der Waals surface area contributed by atoms with Gasteiger partial charge in [-0.2, -0.15) is 0 Å². The average Bonchev–Trinajstić information content (AvgIpc) is 2.08. The molecular formula is C8H16N4O. The molecule has 1 fully saturated rings. The second-order valence-corrected chi connectivity index (χ2v) is 3.81. The van der Waals surface area contributed by atoms with Crippen molar-refractivity contribution in [2.75, 3.05) is 32.8 Å². The Labute approximate surface area is 78.3 Å². The Morgan fingerprint density at radius 1 is 1.62 bits per heavy atom. The molecule has 0 N–H and O–H groups in total. The summed E-state index contributed by atoms with van der Waals surface area (Å²) < 4.78 is 5.38. The van der Waals surface area contributed by atoms with Crippen molar-refractivity contribution in [3.05, 3.63) is 10.4 Å². The summed E-state index contributed by atoms with van der Waals surface area (Å²) in [7, 11) is 0. The Balaban J connectivity index is 2.41. The molecule has 74 valence electrons. The first-order valence-electron chi connectivity index (χ1n) is 4.50. The zero-order valence-corrected chi connectivity index (χ0v) is 8.23. The molecule has 1 saturated heterocycles. The van der Waals surface area contributed by atoms with Crippen LogP contribution in [0.15, 0.2) is 5.11 Å². The van der Waals surface area contributed by atoms with Gasteiger partial charge in [0.2, 0.25) is 0 Å². The molecule has 0 radical (unpaired) electrons. The van der Waals surface area contributed by atoms with Gasteiger partial charge < -0.3 is 4.74 Å². The molecule has 0 amide bonds. The van der Waals surface area contributed by atoms with Crippen molar-refractivity contribution in [2.45, 2.75) is 19.4 Å². The maximum Gasteiger partial charge on any atom is 0.0645 e. The van der Waals surface area contributed by atoms with Crippen LogP contribution in [-0.2, 0) is 4.74 Å². The molecule has 0 saturated carbocycles. The highest BCUT2D eigenvalue weighted by atomic mass is 16.5. The number of hydrogen-bond acceptors (Lipinski definition) is 3. The molecule has 1 heterocycles. The molecule has 1 rings (SSSR count). The summed E-state index contributed by atoms with van der Waals surface area (Å²) in [5, 5.41) is 3.53. The topological polar surface area (TPSA) is 61.2 Å². The standard InChI is InChI=1S/C8H16N4O/c1-8(2)7-13-6-5-12(8)4-3-10-11-9/h3-7H2,1-2H3. The first-order valence-corrected chi connectivity index (χ1v) is 4.50. The fourth-order valence-corrected chi connectivity index (χ4v) is 1.52. The van der Waals surface area contributed by atoms with Gasteiger partial charge in [-0.25, -0.2) is 0 Å². The van der Waals surface area contributed by atoms with Gasteiger partial charge in [0, 0.05) is 30.1 Å². The summed E-state index contributed by atoms with van der Waals surface area (Å²) in [5.74, 6) is 0. The van der Waals surface area contributed by atoms with Crippen LogP contribution in [0.4, 0.5) is 0 Å². The predicted molar refractivity (Wildman–Crippen MR) is 50.5 cm³/mol. The summed E-state index contributed by atoms with van der Waals surface area (Å²) in [4.78, 5) is 5.03. The Bertz CT molecular complexity index is 210. The molecule has 1 aliphatic heterocycles. The molecule has 0 aromatic heterocycles. The van der Waals surface area contributed by atoms with Crippen LogP contribution in [0.25, 0.3) is 10.4 Å². The number of hydrogen-bond donors (Lipinski definition) is 0. The average molecular weight is 184 g/mol. The van der Waals surface area contributed by atoms with E-state index in [2.05, 4.69) is 28.8 Å². The van der Waals surface area contributed by atoms with Crippen molar-refractivity contribution in [1.82, 2.24) is 4.90 Å². The molecule has 0 aliphatic carbocycles. The van der Waals surface area contributed by atoms with Crippen LogP contribution in [0, 0.1) is 0 Å².